The Kier molecular flexibility index (Phi) is 3.28. The number of hydrogen-bond donors (Lipinski definition) is 0. The third-order valence-corrected chi connectivity index (χ3v) is 4.20. The van der Waals surface area contributed by atoms with Gasteiger partial charge in [0.1, 0.15) is 0 Å². The first-order valence-corrected chi connectivity index (χ1v) is 9.70. The highest BCUT2D eigenvalue weighted by molar-refractivity contribution is 6.69. The molecule has 0 N–H and O–H groups in total. The van der Waals surface area contributed by atoms with Gasteiger partial charge in [-0.2, -0.15) is 0 Å². The molecule has 1 aliphatic carbocycles. The molecule has 1 aliphatic rings. The van der Waals surface area contributed by atoms with Crippen LogP contribution in [0.15, 0.2) is 17.7 Å². The molecule has 2 rings (SSSR count). The molecule has 92 valence electrons. The Morgan fingerprint density at radius 3 is 2.53 bits per heavy atom. The average molecular weight is 246 g/mol. The van der Waals surface area contributed by atoms with Crippen LogP contribution < -0.4 is 0 Å². The van der Waals surface area contributed by atoms with Gasteiger partial charge < -0.3 is 4.43 Å². The molecule has 1 aromatic carbocycles. The zero-order valence-corrected chi connectivity index (χ0v) is 12.6. The maximum atomic E-state index is 6.03. The number of rotatable bonds is 3. The molecule has 0 bridgehead atoms. The van der Waals surface area contributed by atoms with E-state index < -0.39 is 8.32 Å². The molecule has 0 aliphatic heterocycles. The van der Waals surface area contributed by atoms with E-state index in [0.29, 0.717) is 0 Å². The minimum absolute atomic E-state index is 0.766. The van der Waals surface area contributed by atoms with Crippen LogP contribution in [0.3, 0.4) is 0 Å². The Labute approximate surface area is 106 Å². The van der Waals surface area contributed by atoms with Crippen LogP contribution in [0.2, 0.25) is 19.6 Å². The lowest BCUT2D eigenvalue weighted by Gasteiger charge is -2.19. The molecule has 0 saturated carbocycles. The highest BCUT2D eigenvalue weighted by Crippen LogP contribution is 2.31. The maximum absolute atomic E-state index is 6.03. The van der Waals surface area contributed by atoms with Crippen LogP contribution in [0.25, 0.3) is 6.08 Å². The molecule has 0 radical (unpaired) electrons. The second-order valence-electron chi connectivity index (χ2n) is 6.00. The lowest BCUT2D eigenvalue weighted by molar-refractivity contribution is 0.299. The molecule has 0 saturated heterocycles. The van der Waals surface area contributed by atoms with Crippen molar-refractivity contribution >= 4 is 14.4 Å². The molecule has 0 spiro atoms. The summed E-state index contributed by atoms with van der Waals surface area (Å²) in [4.78, 5) is 0. The average Bonchev–Trinajstić information content (AvgIpc) is 2.58. The number of benzene rings is 1. The summed E-state index contributed by atoms with van der Waals surface area (Å²) in [6.45, 7) is 11.9. The maximum Gasteiger partial charge on any atom is 0.184 e. The third kappa shape index (κ3) is 2.88. The van der Waals surface area contributed by atoms with Crippen LogP contribution in [0, 0.1) is 6.92 Å². The summed E-state index contributed by atoms with van der Waals surface area (Å²) in [6.07, 6.45) is 3.44. The number of fused-ring (bicyclic) bond motifs is 1. The van der Waals surface area contributed by atoms with Crippen molar-refractivity contribution in [3.05, 3.63) is 40.0 Å². The molecule has 0 amide bonds. The van der Waals surface area contributed by atoms with Crippen LogP contribution in [-0.2, 0) is 17.5 Å². The Balaban J connectivity index is 2.28. The van der Waals surface area contributed by atoms with E-state index in [-0.39, 0.29) is 0 Å². The normalized spacial score (nSPS) is 14.8. The molecule has 0 heterocycles. The number of allylic oxidation sites excluding steroid dienone is 1. The molecule has 2 heteroatoms. The largest absolute Gasteiger partial charge is 0.413 e. The van der Waals surface area contributed by atoms with Crippen LogP contribution in [0.5, 0.6) is 0 Å². The lowest BCUT2D eigenvalue weighted by atomic mass is 9.99. The van der Waals surface area contributed by atoms with E-state index in [9.17, 15) is 0 Å². The Hall–Kier alpha value is -0.863. The number of aryl methyl sites for hydroxylation is 1. The first-order valence-electron chi connectivity index (χ1n) is 6.29. The zero-order valence-electron chi connectivity index (χ0n) is 11.6. The predicted molar refractivity (Wildman–Crippen MR) is 76.7 cm³/mol. The molecule has 0 fully saturated rings. The summed E-state index contributed by atoms with van der Waals surface area (Å²) >= 11 is 0. The van der Waals surface area contributed by atoms with Gasteiger partial charge in [0.25, 0.3) is 0 Å². The first-order chi connectivity index (χ1) is 7.87. The van der Waals surface area contributed by atoms with E-state index in [4.69, 9.17) is 4.43 Å². The minimum atomic E-state index is -1.42. The Morgan fingerprint density at radius 2 is 1.88 bits per heavy atom. The van der Waals surface area contributed by atoms with Gasteiger partial charge in [0.15, 0.2) is 8.32 Å². The van der Waals surface area contributed by atoms with Crippen molar-refractivity contribution in [3.63, 3.8) is 0 Å². The van der Waals surface area contributed by atoms with Gasteiger partial charge in [-0.3, -0.25) is 0 Å². The summed E-state index contributed by atoms with van der Waals surface area (Å²) in [7, 11) is -1.42. The molecule has 0 unspecified atom stereocenters. The minimum Gasteiger partial charge on any atom is -0.413 e. The van der Waals surface area contributed by atoms with Crippen molar-refractivity contribution in [2.75, 3.05) is 0 Å². The summed E-state index contributed by atoms with van der Waals surface area (Å²) < 4.78 is 6.03. The van der Waals surface area contributed by atoms with E-state index in [1.165, 1.54) is 27.8 Å². The van der Waals surface area contributed by atoms with Gasteiger partial charge in [0.05, 0.1) is 6.61 Å². The summed E-state index contributed by atoms with van der Waals surface area (Å²) in [5, 5.41) is 0. The Morgan fingerprint density at radius 1 is 1.18 bits per heavy atom. The van der Waals surface area contributed by atoms with E-state index in [1.807, 2.05) is 0 Å². The standard InChI is InChI=1S/C15H22OSi/c1-11-8-14-12(2)6-7-13(15(14)9-11)10-16-17(3,4)5/h6-7,9H,8,10H2,1-5H3. The molecule has 1 aromatic rings. The summed E-state index contributed by atoms with van der Waals surface area (Å²) in [5.41, 5.74) is 7.14. The van der Waals surface area contributed by atoms with Gasteiger partial charge in [-0.25, -0.2) is 0 Å². The highest BCUT2D eigenvalue weighted by Gasteiger charge is 2.18. The fraction of sp³-hybridized carbons (Fsp3) is 0.467. The van der Waals surface area contributed by atoms with Crippen molar-refractivity contribution in [3.8, 4) is 0 Å². The van der Waals surface area contributed by atoms with Gasteiger partial charge in [-0.15, -0.1) is 0 Å². The van der Waals surface area contributed by atoms with Gasteiger partial charge in [0.2, 0.25) is 0 Å². The first kappa shape index (κ1) is 12.6. The van der Waals surface area contributed by atoms with E-state index in [2.05, 4.69) is 51.7 Å². The van der Waals surface area contributed by atoms with E-state index >= 15 is 0 Å². The number of hydrogen-bond acceptors (Lipinski definition) is 1. The topological polar surface area (TPSA) is 9.23 Å². The highest BCUT2D eigenvalue weighted by atomic mass is 28.4. The van der Waals surface area contributed by atoms with Crippen molar-refractivity contribution in [2.24, 2.45) is 0 Å². The molecule has 0 atom stereocenters. The van der Waals surface area contributed by atoms with Crippen LogP contribution >= 0.6 is 0 Å². The molecule has 17 heavy (non-hydrogen) atoms. The quantitative estimate of drug-likeness (QED) is 0.722. The molecule has 1 nitrogen and oxygen atoms in total. The SMILES string of the molecule is CC1=Cc2c(CO[Si](C)(C)C)ccc(C)c2C1. The van der Waals surface area contributed by atoms with Crippen molar-refractivity contribution in [1.29, 1.82) is 0 Å². The van der Waals surface area contributed by atoms with Crippen molar-refractivity contribution < 1.29 is 4.43 Å². The zero-order chi connectivity index (χ0) is 12.6. The second-order valence-corrected chi connectivity index (χ2v) is 10.5. The lowest BCUT2D eigenvalue weighted by Crippen LogP contribution is -2.25. The van der Waals surface area contributed by atoms with E-state index in [0.717, 1.165) is 13.0 Å². The van der Waals surface area contributed by atoms with Crippen LogP contribution in [-0.4, -0.2) is 8.32 Å². The monoisotopic (exact) mass is 246 g/mol. The van der Waals surface area contributed by atoms with Crippen molar-refractivity contribution in [1.82, 2.24) is 0 Å². The van der Waals surface area contributed by atoms with Gasteiger partial charge in [-0.1, -0.05) is 23.8 Å². The molecular weight excluding hydrogens is 224 g/mol. The van der Waals surface area contributed by atoms with Crippen molar-refractivity contribution in [2.45, 2.75) is 46.5 Å². The smallest absolute Gasteiger partial charge is 0.184 e. The fourth-order valence-corrected chi connectivity index (χ4v) is 2.82. The van der Waals surface area contributed by atoms with Crippen LogP contribution in [0.1, 0.15) is 29.2 Å². The summed E-state index contributed by atoms with van der Waals surface area (Å²) in [6, 6.07) is 4.46. The fourth-order valence-electron chi connectivity index (χ4n) is 2.23. The van der Waals surface area contributed by atoms with E-state index in [1.54, 1.807) is 0 Å². The Bertz CT molecular complexity index is 467. The molecule has 0 aromatic heterocycles. The van der Waals surface area contributed by atoms with Gasteiger partial charge in [0, 0.05) is 0 Å². The van der Waals surface area contributed by atoms with Crippen LogP contribution in [0.4, 0.5) is 0 Å². The second kappa shape index (κ2) is 4.43. The third-order valence-electron chi connectivity index (χ3n) is 3.19. The van der Waals surface area contributed by atoms with Gasteiger partial charge >= 0.3 is 0 Å². The predicted octanol–water partition coefficient (Wildman–Crippen LogP) is 4.31. The summed E-state index contributed by atoms with van der Waals surface area (Å²) in [5.74, 6) is 0. The molecular formula is C15H22OSi. The van der Waals surface area contributed by atoms with Gasteiger partial charge in [-0.05, 0) is 62.2 Å².